The molecule has 1 unspecified atom stereocenters. The van der Waals surface area contributed by atoms with E-state index in [-0.39, 0.29) is 5.82 Å². The first kappa shape index (κ1) is 18.3. The van der Waals surface area contributed by atoms with E-state index in [9.17, 15) is 4.39 Å². The number of hydrogen-bond donors (Lipinski definition) is 3. The normalized spacial score (nSPS) is 22.0. The summed E-state index contributed by atoms with van der Waals surface area (Å²) in [6.45, 7) is 3.12. The first-order valence-electron chi connectivity index (χ1n) is 10.2. The van der Waals surface area contributed by atoms with Gasteiger partial charge in [-0.15, -0.1) is 0 Å². The Hall–Kier alpha value is -2.08. The molecular formula is C21H30FN5. The van der Waals surface area contributed by atoms with Crippen LogP contribution in [0.5, 0.6) is 0 Å². The molecule has 6 heteroatoms. The van der Waals surface area contributed by atoms with E-state index in [2.05, 4.69) is 25.5 Å². The maximum absolute atomic E-state index is 13.3. The van der Waals surface area contributed by atoms with Crippen molar-refractivity contribution in [2.75, 3.05) is 26.7 Å². The van der Waals surface area contributed by atoms with Gasteiger partial charge in [-0.2, -0.15) is 0 Å². The van der Waals surface area contributed by atoms with Crippen molar-refractivity contribution in [1.82, 2.24) is 20.5 Å². The van der Waals surface area contributed by atoms with Crippen LogP contribution in [0.25, 0.3) is 10.9 Å². The van der Waals surface area contributed by atoms with Crippen LogP contribution in [0.2, 0.25) is 0 Å². The van der Waals surface area contributed by atoms with Crippen LogP contribution in [-0.4, -0.2) is 54.6 Å². The zero-order valence-electron chi connectivity index (χ0n) is 16.1. The predicted molar refractivity (Wildman–Crippen MR) is 109 cm³/mol. The zero-order chi connectivity index (χ0) is 18.6. The minimum Gasteiger partial charge on any atom is -0.361 e. The summed E-state index contributed by atoms with van der Waals surface area (Å²) in [6, 6.07) is 6.19. The average Bonchev–Trinajstić information content (AvgIpc) is 3.41. The van der Waals surface area contributed by atoms with Gasteiger partial charge in [-0.1, -0.05) is 12.8 Å². The number of nitrogens with zero attached hydrogens (tertiary/aromatic N) is 2. The van der Waals surface area contributed by atoms with Crippen LogP contribution < -0.4 is 10.6 Å². The van der Waals surface area contributed by atoms with E-state index in [4.69, 9.17) is 0 Å². The van der Waals surface area contributed by atoms with Gasteiger partial charge in [-0.25, -0.2) is 4.39 Å². The van der Waals surface area contributed by atoms with Crippen molar-refractivity contribution in [2.24, 2.45) is 4.99 Å². The first-order valence-corrected chi connectivity index (χ1v) is 10.2. The van der Waals surface area contributed by atoms with Crippen molar-refractivity contribution in [3.63, 3.8) is 0 Å². The molecule has 1 aromatic carbocycles. The average molecular weight is 372 g/mol. The molecule has 2 aromatic rings. The van der Waals surface area contributed by atoms with Crippen LogP contribution in [0, 0.1) is 5.82 Å². The van der Waals surface area contributed by atoms with Gasteiger partial charge < -0.3 is 15.6 Å². The third-order valence-corrected chi connectivity index (χ3v) is 6.04. The molecule has 0 bridgehead atoms. The van der Waals surface area contributed by atoms with E-state index in [1.807, 2.05) is 19.3 Å². The number of aromatic nitrogens is 1. The number of H-pyrrole nitrogens is 1. The molecule has 2 fully saturated rings. The number of hydrogen-bond acceptors (Lipinski definition) is 2. The largest absolute Gasteiger partial charge is 0.361 e. The molecule has 1 aliphatic heterocycles. The second kappa shape index (κ2) is 8.30. The molecule has 0 radical (unpaired) electrons. The van der Waals surface area contributed by atoms with Crippen molar-refractivity contribution < 1.29 is 4.39 Å². The summed E-state index contributed by atoms with van der Waals surface area (Å²) in [7, 11) is 1.83. The van der Waals surface area contributed by atoms with Crippen LogP contribution in [0.1, 0.15) is 37.7 Å². The topological polar surface area (TPSA) is 55.5 Å². The molecule has 146 valence electrons. The van der Waals surface area contributed by atoms with E-state index >= 15 is 0 Å². The monoisotopic (exact) mass is 371 g/mol. The van der Waals surface area contributed by atoms with E-state index in [1.54, 1.807) is 6.07 Å². The van der Waals surface area contributed by atoms with Gasteiger partial charge in [0.15, 0.2) is 5.96 Å². The number of rotatable bonds is 5. The standard InChI is InChI=1S/C21H30FN5/c1-23-21(26-17-9-11-27(14-17)18-4-2-3-5-18)24-10-8-15-13-25-20-12-16(22)6-7-19(15)20/h6-7,12-13,17-18,25H,2-5,8-11,14H2,1H3,(H2,23,24,26). The summed E-state index contributed by atoms with van der Waals surface area (Å²) in [4.78, 5) is 10.2. The molecule has 1 saturated heterocycles. The lowest BCUT2D eigenvalue weighted by atomic mass is 10.1. The Labute approximate surface area is 160 Å². The maximum atomic E-state index is 13.3. The summed E-state index contributed by atoms with van der Waals surface area (Å²) in [5, 5.41) is 8.10. The van der Waals surface area contributed by atoms with Gasteiger partial charge >= 0.3 is 0 Å². The van der Waals surface area contributed by atoms with Gasteiger partial charge in [0.25, 0.3) is 0 Å². The Bertz CT molecular complexity index is 793. The van der Waals surface area contributed by atoms with E-state index in [0.29, 0.717) is 6.04 Å². The number of guanidine groups is 1. The van der Waals surface area contributed by atoms with Gasteiger partial charge in [0.05, 0.1) is 0 Å². The zero-order valence-corrected chi connectivity index (χ0v) is 16.1. The summed E-state index contributed by atoms with van der Waals surface area (Å²) < 4.78 is 13.3. The minimum absolute atomic E-state index is 0.207. The summed E-state index contributed by atoms with van der Waals surface area (Å²) in [5.41, 5.74) is 2.05. The van der Waals surface area contributed by atoms with Crippen LogP contribution in [-0.2, 0) is 6.42 Å². The van der Waals surface area contributed by atoms with Crippen molar-refractivity contribution in [3.8, 4) is 0 Å². The second-order valence-electron chi connectivity index (χ2n) is 7.82. The second-order valence-corrected chi connectivity index (χ2v) is 7.82. The third-order valence-electron chi connectivity index (χ3n) is 6.04. The van der Waals surface area contributed by atoms with E-state index < -0.39 is 0 Å². The van der Waals surface area contributed by atoms with Gasteiger partial charge in [-0.05, 0) is 49.4 Å². The van der Waals surface area contributed by atoms with Gasteiger partial charge in [0.2, 0.25) is 0 Å². The molecule has 1 atom stereocenters. The summed E-state index contributed by atoms with van der Waals surface area (Å²) in [6.07, 6.45) is 9.54. The Morgan fingerprint density at radius 1 is 1.30 bits per heavy atom. The van der Waals surface area contributed by atoms with Gasteiger partial charge in [0, 0.05) is 55.9 Å². The Kier molecular flexibility index (Phi) is 5.62. The van der Waals surface area contributed by atoms with Crippen molar-refractivity contribution in [1.29, 1.82) is 0 Å². The highest BCUT2D eigenvalue weighted by Gasteiger charge is 2.30. The number of likely N-dealkylation sites (tertiary alicyclic amines) is 1. The first-order chi connectivity index (χ1) is 13.2. The van der Waals surface area contributed by atoms with Crippen LogP contribution in [0.15, 0.2) is 29.4 Å². The quantitative estimate of drug-likeness (QED) is 0.559. The SMILES string of the molecule is CN=C(NCCc1c[nH]c2cc(F)ccc12)NC1CCN(C2CCCC2)C1. The Balaban J connectivity index is 1.26. The van der Waals surface area contributed by atoms with Gasteiger partial charge in [0.1, 0.15) is 5.82 Å². The molecule has 1 aliphatic carbocycles. The summed E-state index contributed by atoms with van der Waals surface area (Å²) in [5.74, 6) is 0.668. The van der Waals surface area contributed by atoms with Crippen molar-refractivity contribution in [3.05, 3.63) is 35.8 Å². The molecule has 5 nitrogen and oxygen atoms in total. The van der Waals surface area contributed by atoms with E-state index in [0.717, 1.165) is 42.4 Å². The fraction of sp³-hybridized carbons (Fsp3) is 0.571. The molecule has 1 saturated carbocycles. The molecular weight excluding hydrogens is 341 g/mol. The molecule has 3 N–H and O–H groups in total. The molecule has 4 rings (SSSR count). The van der Waals surface area contributed by atoms with Crippen molar-refractivity contribution in [2.45, 2.75) is 50.6 Å². The lowest BCUT2D eigenvalue weighted by Crippen LogP contribution is -2.45. The van der Waals surface area contributed by atoms with Crippen molar-refractivity contribution >= 4 is 16.9 Å². The number of aliphatic imine (C=N–C) groups is 1. The number of fused-ring (bicyclic) bond motifs is 1. The minimum atomic E-state index is -0.207. The van der Waals surface area contributed by atoms with Crippen LogP contribution >= 0.6 is 0 Å². The van der Waals surface area contributed by atoms with Gasteiger partial charge in [-0.3, -0.25) is 9.89 Å². The molecule has 2 heterocycles. The predicted octanol–water partition coefficient (Wildman–Crippen LogP) is 3.03. The lowest BCUT2D eigenvalue weighted by molar-refractivity contribution is 0.242. The number of nitrogens with one attached hydrogen (secondary N) is 3. The maximum Gasteiger partial charge on any atom is 0.191 e. The van der Waals surface area contributed by atoms with Crippen LogP contribution in [0.3, 0.4) is 0 Å². The molecule has 1 aromatic heterocycles. The van der Waals surface area contributed by atoms with E-state index in [1.165, 1.54) is 50.3 Å². The number of benzene rings is 1. The smallest absolute Gasteiger partial charge is 0.191 e. The number of halogens is 1. The fourth-order valence-corrected chi connectivity index (χ4v) is 4.58. The Morgan fingerprint density at radius 2 is 2.15 bits per heavy atom. The fourth-order valence-electron chi connectivity index (χ4n) is 4.58. The Morgan fingerprint density at radius 3 is 2.96 bits per heavy atom. The highest BCUT2D eigenvalue weighted by Crippen LogP contribution is 2.26. The molecule has 0 amide bonds. The third kappa shape index (κ3) is 4.26. The van der Waals surface area contributed by atoms with Crippen LogP contribution in [0.4, 0.5) is 4.39 Å². The molecule has 0 spiro atoms. The highest BCUT2D eigenvalue weighted by molar-refractivity contribution is 5.83. The lowest BCUT2D eigenvalue weighted by Gasteiger charge is -2.24. The number of aromatic amines is 1. The molecule has 27 heavy (non-hydrogen) atoms. The highest BCUT2D eigenvalue weighted by atomic mass is 19.1. The molecule has 2 aliphatic rings. The summed E-state index contributed by atoms with van der Waals surface area (Å²) >= 11 is 0.